The molecule has 3 aromatic rings. The molecule has 5 aliphatic rings. The van der Waals surface area contributed by atoms with Gasteiger partial charge in [0.15, 0.2) is 31.3 Å². The Labute approximate surface area is 340 Å². The van der Waals surface area contributed by atoms with E-state index in [0.717, 1.165) is 16.2 Å². The van der Waals surface area contributed by atoms with Crippen molar-refractivity contribution >= 4 is 27.5 Å². The number of hydrogen-bond acceptors (Lipinski definition) is 21. The summed E-state index contributed by atoms with van der Waals surface area (Å²) in [5.41, 5.74) is 0.0397. The van der Waals surface area contributed by atoms with E-state index in [0.29, 0.717) is 5.39 Å². The highest BCUT2D eigenvalue weighted by molar-refractivity contribution is 6.01. The Morgan fingerprint density at radius 3 is 1.57 bits per heavy atom. The van der Waals surface area contributed by atoms with Crippen molar-refractivity contribution in [3.05, 3.63) is 60.2 Å². The summed E-state index contributed by atoms with van der Waals surface area (Å²) >= 11 is 0. The Kier molecular flexibility index (Phi) is 13.0. The molecule has 11 N–H and O–H groups in total. The first-order chi connectivity index (χ1) is 28.8. The van der Waals surface area contributed by atoms with Gasteiger partial charge in [0.2, 0.25) is 0 Å². The second kappa shape index (κ2) is 17.9. The highest BCUT2D eigenvalue weighted by Gasteiger charge is 2.55. The van der Waals surface area contributed by atoms with E-state index >= 15 is 0 Å². The van der Waals surface area contributed by atoms with Crippen molar-refractivity contribution in [2.24, 2.45) is 0 Å². The van der Waals surface area contributed by atoms with E-state index in [4.69, 9.17) is 42.6 Å². The molecule has 5 fully saturated rings. The van der Waals surface area contributed by atoms with Gasteiger partial charge in [-0.05, 0) is 45.8 Å². The van der Waals surface area contributed by atoms with Crippen LogP contribution in [-0.2, 0) is 42.6 Å². The zero-order valence-electron chi connectivity index (χ0n) is 31.6. The van der Waals surface area contributed by atoms with Crippen molar-refractivity contribution in [1.29, 1.82) is 0 Å². The minimum absolute atomic E-state index is 0.0397. The van der Waals surface area contributed by atoms with E-state index in [1.165, 1.54) is 6.07 Å². The Hall–Kier alpha value is -3.11. The molecule has 5 heterocycles. The minimum Gasteiger partial charge on any atom is -0.450 e. The second-order valence-corrected chi connectivity index (χ2v) is 15.5. The van der Waals surface area contributed by atoms with E-state index in [1.807, 2.05) is 36.4 Å². The summed E-state index contributed by atoms with van der Waals surface area (Å²) in [7, 11) is 0. The Balaban J connectivity index is 1.11. The first-order valence-electron chi connectivity index (χ1n) is 19.4. The van der Waals surface area contributed by atoms with Crippen LogP contribution in [0, 0.1) is 0 Å². The third kappa shape index (κ3) is 8.26. The molecule has 21 nitrogen and oxygen atoms in total. The van der Waals surface area contributed by atoms with Crippen molar-refractivity contribution in [2.45, 2.75) is 123 Å². The maximum Gasteiger partial charge on any atom is 0.338 e. The third-order valence-electron chi connectivity index (χ3n) is 11.6. The number of hydrogen-bond donors (Lipinski definition) is 11. The van der Waals surface area contributed by atoms with Gasteiger partial charge in [-0.2, -0.15) is 0 Å². The number of benzene rings is 3. The summed E-state index contributed by atoms with van der Waals surface area (Å²) in [6, 6.07) is 16.2. The fraction of sp³-hybridized carbons (Fsp3) is 0.615. The maximum atomic E-state index is 13.8. The molecule has 0 aliphatic carbocycles. The molecular weight excluding hydrogens is 804 g/mol. The highest BCUT2D eigenvalue weighted by atomic mass is 16.8. The van der Waals surface area contributed by atoms with Crippen LogP contribution in [0.2, 0.25) is 0 Å². The van der Waals surface area contributed by atoms with Crippen molar-refractivity contribution in [2.75, 3.05) is 26.4 Å². The summed E-state index contributed by atoms with van der Waals surface area (Å²) in [6.45, 7) is -3.14. The fourth-order valence-corrected chi connectivity index (χ4v) is 8.10. The molecule has 0 radical (unpaired) electrons. The van der Waals surface area contributed by atoms with Crippen LogP contribution in [0.1, 0.15) is 10.4 Å². The quantitative estimate of drug-likeness (QED) is 0.0870. The predicted octanol–water partition coefficient (Wildman–Crippen LogP) is -4.53. The molecule has 0 unspecified atom stereocenters. The van der Waals surface area contributed by atoms with Crippen molar-refractivity contribution < 1.29 is 104 Å². The maximum absolute atomic E-state index is 13.8. The summed E-state index contributed by atoms with van der Waals surface area (Å²) in [5.74, 6) is -0.986. The number of aliphatic hydroxyl groups excluding tert-OH is 11. The number of fused-ring (bicyclic) bond motifs is 10. The number of esters is 1. The van der Waals surface area contributed by atoms with Gasteiger partial charge in [-0.1, -0.05) is 30.3 Å². The predicted molar refractivity (Wildman–Crippen MR) is 195 cm³/mol. The summed E-state index contributed by atoms with van der Waals surface area (Å²) in [6.07, 6.45) is -36.0. The second-order valence-electron chi connectivity index (χ2n) is 15.5. The fourth-order valence-electron chi connectivity index (χ4n) is 8.10. The van der Waals surface area contributed by atoms with Gasteiger partial charge in [-0.25, -0.2) is 4.79 Å². The van der Waals surface area contributed by atoms with Crippen LogP contribution < -0.4 is 0 Å². The lowest BCUT2D eigenvalue weighted by molar-refractivity contribution is -0.383. The molecule has 0 aromatic heterocycles. The van der Waals surface area contributed by atoms with Crippen LogP contribution in [-0.4, -0.2) is 211 Å². The lowest BCUT2D eigenvalue weighted by Crippen LogP contribution is -2.67. The van der Waals surface area contributed by atoms with Crippen LogP contribution in [0.5, 0.6) is 0 Å². The van der Waals surface area contributed by atoms with Crippen molar-refractivity contribution in [3.63, 3.8) is 0 Å². The molecule has 20 atom stereocenters. The zero-order chi connectivity index (χ0) is 42.6. The molecule has 3 aromatic carbocycles. The smallest absolute Gasteiger partial charge is 0.338 e. The summed E-state index contributed by atoms with van der Waals surface area (Å²) in [4.78, 5) is 13.8. The molecule has 0 amide bonds. The minimum atomic E-state index is -2.00. The molecule has 330 valence electrons. The van der Waals surface area contributed by atoms with E-state index in [-0.39, 0.29) is 5.56 Å². The summed E-state index contributed by atoms with van der Waals surface area (Å²) < 4.78 is 51.8. The normalized spacial score (nSPS) is 44.1. The zero-order valence-corrected chi connectivity index (χ0v) is 31.6. The lowest BCUT2D eigenvalue weighted by atomic mass is 9.96. The summed E-state index contributed by atoms with van der Waals surface area (Å²) in [5, 5.41) is 124. The van der Waals surface area contributed by atoms with Gasteiger partial charge in [0.25, 0.3) is 0 Å². The molecule has 21 heteroatoms. The lowest BCUT2D eigenvalue weighted by Gasteiger charge is -2.48. The Bertz CT molecular complexity index is 1950. The van der Waals surface area contributed by atoms with E-state index in [2.05, 4.69) is 0 Å². The first kappa shape index (κ1) is 43.5. The van der Waals surface area contributed by atoms with Gasteiger partial charge in [0, 0.05) is 0 Å². The van der Waals surface area contributed by atoms with Crippen molar-refractivity contribution in [3.8, 4) is 0 Å². The molecule has 8 rings (SSSR count). The van der Waals surface area contributed by atoms with Crippen LogP contribution >= 0.6 is 0 Å². The SMILES string of the molecule is O=C(O[C@H]1[C@H]2O[C@@H]3[C@@H](O)[C@@H](OC[C@H]4O[C@H](O[C@@H]5[C@@H](O)[C@@H](OC[C@@H](O2)[C@@H](O)[C@@H]1O)O[C@H](CO)[C@H]5O)[C@H](O)[C@@H](O)[C@@H]4O)O[C@H](CO)[C@H]3O)c1ccc2cc3ccccc3cc2c1. The average molecular weight is 853 g/mol. The molecule has 8 bridgehead atoms. The molecular formula is C39H48O21. The van der Waals surface area contributed by atoms with Crippen LogP contribution in [0.15, 0.2) is 54.6 Å². The van der Waals surface area contributed by atoms with Gasteiger partial charge in [0.05, 0.1) is 32.0 Å². The van der Waals surface area contributed by atoms with Gasteiger partial charge >= 0.3 is 5.97 Å². The van der Waals surface area contributed by atoms with E-state index < -0.39 is 155 Å². The van der Waals surface area contributed by atoms with E-state index in [9.17, 15) is 61.0 Å². The van der Waals surface area contributed by atoms with Gasteiger partial charge < -0.3 is 98.8 Å². The topological polar surface area (TPSA) is 323 Å². The Morgan fingerprint density at radius 2 is 1.00 bits per heavy atom. The largest absolute Gasteiger partial charge is 0.450 e. The van der Waals surface area contributed by atoms with Gasteiger partial charge in [0.1, 0.15) is 91.6 Å². The van der Waals surface area contributed by atoms with Gasteiger partial charge in [-0.15, -0.1) is 0 Å². The van der Waals surface area contributed by atoms with Crippen LogP contribution in [0.4, 0.5) is 0 Å². The molecule has 0 saturated carbocycles. The van der Waals surface area contributed by atoms with Gasteiger partial charge in [-0.3, -0.25) is 0 Å². The van der Waals surface area contributed by atoms with Crippen LogP contribution in [0.25, 0.3) is 21.5 Å². The molecule has 5 aliphatic heterocycles. The standard InChI is InChI=1S/C39H48O21/c40-10-19-25(44)32-30(49)36(54-19)53-13-22-24(43)28(47)34(58-35(51)17-6-5-16-7-14-3-1-2-4-15(14)8-18(16)9-17)39(57-22)60-33-26(45)20(11-41)55-37(31(33)50)52-12-21-23(42)27(46)29(48)38(56-21)59-32/h1-9,19-34,36-50H,10-13H2/t19-,20-,21-,22-,23-,24-,25-,26-,27+,28+,29-,30-,31-,32+,33+,34-,36+,37+,38-,39-/m1/s1. The number of rotatable bonds is 4. The average Bonchev–Trinajstić information content (AvgIpc) is 3.24. The highest BCUT2D eigenvalue weighted by Crippen LogP contribution is 2.35. The number of ether oxygens (including phenoxy) is 9. The number of aliphatic hydroxyl groups is 11. The monoisotopic (exact) mass is 852 g/mol. The molecule has 5 saturated heterocycles. The number of carbonyl (C=O) groups is 1. The Morgan fingerprint density at radius 1 is 0.500 bits per heavy atom. The molecule has 0 spiro atoms. The molecule has 60 heavy (non-hydrogen) atoms. The van der Waals surface area contributed by atoms with Crippen molar-refractivity contribution in [1.82, 2.24) is 0 Å². The van der Waals surface area contributed by atoms with Crippen LogP contribution in [0.3, 0.4) is 0 Å². The number of carbonyl (C=O) groups excluding carboxylic acids is 1. The third-order valence-corrected chi connectivity index (χ3v) is 11.6. The van der Waals surface area contributed by atoms with E-state index in [1.54, 1.807) is 12.1 Å². The first-order valence-corrected chi connectivity index (χ1v) is 19.4.